The third-order valence-electron chi connectivity index (χ3n) is 1.69. The number of nitro groups is 1. The van der Waals surface area contributed by atoms with Crippen LogP contribution in [0.25, 0.3) is 0 Å². The van der Waals surface area contributed by atoms with Gasteiger partial charge in [0.15, 0.2) is 0 Å². The highest BCUT2D eigenvalue weighted by molar-refractivity contribution is 7.89. The molecule has 82 valence electrons. The highest BCUT2D eigenvalue weighted by Crippen LogP contribution is 2.26. The molecule has 0 spiro atoms. The number of rotatable bonds is 3. The Labute approximate surface area is 91.1 Å². The van der Waals surface area contributed by atoms with Crippen molar-refractivity contribution in [2.24, 2.45) is 0 Å². The molecule has 1 aromatic rings. The van der Waals surface area contributed by atoms with Gasteiger partial charge in [0, 0.05) is 6.07 Å². The van der Waals surface area contributed by atoms with Gasteiger partial charge in [0.05, 0.1) is 9.82 Å². The summed E-state index contributed by atoms with van der Waals surface area (Å²) in [6.07, 6.45) is 0. The van der Waals surface area contributed by atoms with E-state index in [1.54, 1.807) is 0 Å². The molecule has 8 heteroatoms. The van der Waals surface area contributed by atoms with Crippen molar-refractivity contribution in [3.05, 3.63) is 33.3 Å². The molecule has 0 heterocycles. The first-order valence-electron chi connectivity index (χ1n) is 3.76. The Morgan fingerprint density at radius 1 is 1.47 bits per heavy atom. The summed E-state index contributed by atoms with van der Waals surface area (Å²) in [6, 6.07) is 3.20. The Balaban J connectivity index is 3.30. The molecular weight excluding hydrogens is 244 g/mol. The summed E-state index contributed by atoms with van der Waals surface area (Å²) < 4.78 is 24.7. The van der Waals surface area contributed by atoms with Crippen LogP contribution in [0.15, 0.2) is 23.1 Å². The van der Waals surface area contributed by atoms with E-state index in [2.05, 4.69) is 4.72 Å². The molecule has 0 aliphatic rings. The second-order valence-electron chi connectivity index (χ2n) is 2.58. The fourth-order valence-corrected chi connectivity index (χ4v) is 1.99. The summed E-state index contributed by atoms with van der Waals surface area (Å²) in [5, 5.41) is 10.2. The zero-order chi connectivity index (χ0) is 11.6. The number of hydrogen-bond donors (Lipinski definition) is 1. The lowest BCUT2D eigenvalue weighted by atomic mass is 10.3. The van der Waals surface area contributed by atoms with E-state index in [4.69, 9.17) is 11.6 Å². The maximum Gasteiger partial charge on any atom is 0.287 e. The highest BCUT2D eigenvalue weighted by atomic mass is 35.5. The van der Waals surface area contributed by atoms with Crippen molar-refractivity contribution in [1.82, 2.24) is 4.72 Å². The van der Waals surface area contributed by atoms with Crippen LogP contribution in [0.3, 0.4) is 0 Å². The molecule has 1 N–H and O–H groups in total. The van der Waals surface area contributed by atoms with E-state index in [0.717, 1.165) is 18.2 Å². The van der Waals surface area contributed by atoms with Crippen LogP contribution >= 0.6 is 11.6 Å². The molecule has 6 nitrogen and oxygen atoms in total. The predicted octanol–water partition coefficient (Wildman–Crippen LogP) is 1.16. The van der Waals surface area contributed by atoms with Crippen LogP contribution < -0.4 is 4.72 Å². The van der Waals surface area contributed by atoms with Gasteiger partial charge in [-0.1, -0.05) is 11.6 Å². The number of hydrogen-bond acceptors (Lipinski definition) is 4. The maximum atomic E-state index is 11.3. The minimum Gasteiger partial charge on any atom is -0.258 e. The number of benzene rings is 1. The Bertz CT molecular complexity index is 500. The van der Waals surface area contributed by atoms with Gasteiger partial charge in [-0.2, -0.15) is 0 Å². The molecule has 0 fully saturated rings. The van der Waals surface area contributed by atoms with Crippen molar-refractivity contribution in [2.75, 3.05) is 7.05 Å². The number of nitro benzene ring substituents is 1. The lowest BCUT2D eigenvalue weighted by Crippen LogP contribution is -2.18. The van der Waals surface area contributed by atoms with Gasteiger partial charge in [0.2, 0.25) is 10.0 Å². The van der Waals surface area contributed by atoms with Crippen molar-refractivity contribution >= 4 is 27.3 Å². The average Bonchev–Trinajstić information content (AvgIpc) is 2.17. The average molecular weight is 251 g/mol. The van der Waals surface area contributed by atoms with E-state index >= 15 is 0 Å². The van der Waals surface area contributed by atoms with Crippen LogP contribution in [0.5, 0.6) is 0 Å². The molecule has 1 rings (SSSR count). The fraction of sp³-hybridized carbons (Fsp3) is 0.143. The molecule has 1 aromatic carbocycles. The summed E-state index contributed by atoms with van der Waals surface area (Å²) in [7, 11) is -2.38. The molecule has 0 unspecified atom stereocenters. The van der Waals surface area contributed by atoms with Gasteiger partial charge in [-0.15, -0.1) is 0 Å². The Hall–Kier alpha value is -1.18. The SMILES string of the molecule is CNS(=O)(=O)c1ccc([N+](=O)[O-])c(Cl)c1. The zero-order valence-corrected chi connectivity index (χ0v) is 9.17. The van der Waals surface area contributed by atoms with Crippen molar-refractivity contribution < 1.29 is 13.3 Å². The van der Waals surface area contributed by atoms with E-state index in [0.29, 0.717) is 0 Å². The molecule has 0 saturated carbocycles. The second-order valence-corrected chi connectivity index (χ2v) is 4.87. The van der Waals surface area contributed by atoms with Crippen LogP contribution in [0.2, 0.25) is 5.02 Å². The number of halogens is 1. The third-order valence-corrected chi connectivity index (χ3v) is 3.41. The lowest BCUT2D eigenvalue weighted by molar-refractivity contribution is -0.384. The summed E-state index contributed by atoms with van der Waals surface area (Å²) >= 11 is 5.55. The quantitative estimate of drug-likeness (QED) is 0.644. The summed E-state index contributed by atoms with van der Waals surface area (Å²) in [5.74, 6) is 0. The molecule has 0 bridgehead atoms. The minimum absolute atomic E-state index is 0.111. The normalized spacial score (nSPS) is 11.3. The van der Waals surface area contributed by atoms with Crippen molar-refractivity contribution in [2.45, 2.75) is 4.90 Å². The molecule has 0 aromatic heterocycles. The summed E-state index contributed by atoms with van der Waals surface area (Å²) in [4.78, 5) is 9.62. The molecule has 0 saturated heterocycles. The second kappa shape index (κ2) is 4.13. The first kappa shape index (κ1) is 11.9. The van der Waals surface area contributed by atoms with E-state index in [1.807, 2.05) is 0 Å². The molecule has 0 atom stereocenters. The van der Waals surface area contributed by atoms with E-state index < -0.39 is 14.9 Å². The topological polar surface area (TPSA) is 89.3 Å². The van der Waals surface area contributed by atoms with Crippen LogP contribution in [0.1, 0.15) is 0 Å². The first-order chi connectivity index (χ1) is 6.88. The number of nitrogens with one attached hydrogen (secondary N) is 1. The molecule has 0 aliphatic heterocycles. The van der Waals surface area contributed by atoms with Gasteiger partial charge < -0.3 is 0 Å². The maximum absolute atomic E-state index is 11.3. The number of nitrogens with zero attached hydrogens (tertiary/aromatic N) is 1. The standard InChI is InChI=1S/C7H7ClN2O4S/c1-9-15(13,14)5-2-3-7(10(11)12)6(8)4-5/h2-4,9H,1H3. The highest BCUT2D eigenvalue weighted by Gasteiger charge is 2.17. The number of sulfonamides is 1. The first-order valence-corrected chi connectivity index (χ1v) is 5.62. The largest absolute Gasteiger partial charge is 0.287 e. The van der Waals surface area contributed by atoms with Crippen molar-refractivity contribution in [3.63, 3.8) is 0 Å². The monoisotopic (exact) mass is 250 g/mol. The van der Waals surface area contributed by atoms with Gasteiger partial charge >= 0.3 is 0 Å². The van der Waals surface area contributed by atoms with Crippen molar-refractivity contribution in [3.8, 4) is 0 Å². The third kappa shape index (κ3) is 2.44. The smallest absolute Gasteiger partial charge is 0.258 e. The van der Waals surface area contributed by atoms with Gasteiger partial charge in [0.1, 0.15) is 5.02 Å². The molecule has 0 radical (unpaired) electrons. The van der Waals surface area contributed by atoms with Gasteiger partial charge in [-0.3, -0.25) is 10.1 Å². The van der Waals surface area contributed by atoms with E-state index in [1.165, 1.54) is 7.05 Å². The Morgan fingerprint density at radius 3 is 2.47 bits per heavy atom. The van der Waals surface area contributed by atoms with Gasteiger partial charge in [0.25, 0.3) is 5.69 Å². The molecular formula is C7H7ClN2O4S. The van der Waals surface area contributed by atoms with Crippen LogP contribution in [0.4, 0.5) is 5.69 Å². The minimum atomic E-state index is -3.62. The molecule has 0 amide bonds. The summed E-state index contributed by atoms with van der Waals surface area (Å²) in [6.45, 7) is 0. The Kier molecular flexibility index (Phi) is 3.28. The van der Waals surface area contributed by atoms with Gasteiger partial charge in [-0.05, 0) is 19.2 Å². The molecule has 15 heavy (non-hydrogen) atoms. The van der Waals surface area contributed by atoms with E-state index in [-0.39, 0.29) is 15.6 Å². The van der Waals surface area contributed by atoms with Crippen LogP contribution in [0, 0.1) is 10.1 Å². The van der Waals surface area contributed by atoms with Gasteiger partial charge in [-0.25, -0.2) is 13.1 Å². The fourth-order valence-electron chi connectivity index (χ4n) is 0.921. The van der Waals surface area contributed by atoms with Crippen LogP contribution in [-0.4, -0.2) is 20.4 Å². The lowest BCUT2D eigenvalue weighted by Gasteiger charge is -2.02. The summed E-state index contributed by atoms with van der Waals surface area (Å²) in [5.41, 5.74) is -0.327. The predicted molar refractivity (Wildman–Crippen MR) is 54.4 cm³/mol. The zero-order valence-electron chi connectivity index (χ0n) is 7.60. The van der Waals surface area contributed by atoms with Crippen molar-refractivity contribution in [1.29, 1.82) is 0 Å². The Morgan fingerprint density at radius 2 is 2.07 bits per heavy atom. The molecule has 0 aliphatic carbocycles. The van der Waals surface area contributed by atoms with Crippen LogP contribution in [-0.2, 0) is 10.0 Å². The van der Waals surface area contributed by atoms with E-state index in [9.17, 15) is 18.5 Å².